The van der Waals surface area contributed by atoms with Gasteiger partial charge in [0.1, 0.15) is 12.4 Å². The normalized spacial score (nSPS) is 12.2. The second kappa shape index (κ2) is 7.28. The molecule has 112 valence electrons. The first-order chi connectivity index (χ1) is 10.1. The van der Waals surface area contributed by atoms with Crippen LogP contribution in [0.5, 0.6) is 5.75 Å². The van der Waals surface area contributed by atoms with Crippen molar-refractivity contribution in [2.45, 2.75) is 33.7 Å². The Bertz CT molecular complexity index is 592. The third-order valence-electron chi connectivity index (χ3n) is 3.71. The van der Waals surface area contributed by atoms with Gasteiger partial charge in [0.25, 0.3) is 0 Å². The average Bonchev–Trinajstić information content (AvgIpc) is 2.46. The Morgan fingerprint density at radius 3 is 2.52 bits per heavy atom. The predicted octanol–water partition coefficient (Wildman–Crippen LogP) is 4.34. The quantitative estimate of drug-likeness (QED) is 0.796. The van der Waals surface area contributed by atoms with Crippen LogP contribution in [0.2, 0.25) is 0 Å². The van der Waals surface area contributed by atoms with Gasteiger partial charge in [0.05, 0.1) is 0 Å². The molecule has 0 aliphatic carbocycles. The maximum absolute atomic E-state index is 5.76. The maximum Gasteiger partial charge on any atom is 0.119 e. The van der Waals surface area contributed by atoms with Gasteiger partial charge in [0.2, 0.25) is 0 Å². The first-order valence-electron chi connectivity index (χ1n) is 7.56. The van der Waals surface area contributed by atoms with Gasteiger partial charge in [-0.1, -0.05) is 35.9 Å². The van der Waals surface area contributed by atoms with Gasteiger partial charge in [-0.25, -0.2) is 0 Å². The Morgan fingerprint density at radius 2 is 1.76 bits per heavy atom. The minimum Gasteiger partial charge on any atom is -0.492 e. The predicted molar refractivity (Wildman–Crippen MR) is 89.0 cm³/mol. The number of rotatable bonds is 6. The molecule has 0 radical (unpaired) electrons. The van der Waals surface area contributed by atoms with Crippen molar-refractivity contribution >= 4 is 0 Å². The highest BCUT2D eigenvalue weighted by Crippen LogP contribution is 2.18. The van der Waals surface area contributed by atoms with Gasteiger partial charge < -0.3 is 10.1 Å². The Labute approximate surface area is 128 Å². The van der Waals surface area contributed by atoms with E-state index in [1.54, 1.807) is 0 Å². The second-order valence-electron chi connectivity index (χ2n) is 5.70. The van der Waals surface area contributed by atoms with E-state index in [2.05, 4.69) is 63.3 Å². The molecule has 2 nitrogen and oxygen atoms in total. The van der Waals surface area contributed by atoms with Gasteiger partial charge in [0.15, 0.2) is 0 Å². The third kappa shape index (κ3) is 4.61. The standard InChI is InChI=1S/C19H25NO/c1-14-6-5-7-18(12-14)21-11-10-20-17(4)19-13-15(2)8-9-16(19)3/h5-9,12-13,17,20H,10-11H2,1-4H3. The Kier molecular flexibility index (Phi) is 5.40. The molecular weight excluding hydrogens is 258 g/mol. The first kappa shape index (κ1) is 15.6. The highest BCUT2D eigenvalue weighted by molar-refractivity contribution is 5.32. The number of hydrogen-bond acceptors (Lipinski definition) is 2. The molecule has 2 heteroatoms. The third-order valence-corrected chi connectivity index (χ3v) is 3.71. The summed E-state index contributed by atoms with van der Waals surface area (Å²) < 4.78 is 5.76. The number of aryl methyl sites for hydroxylation is 3. The van der Waals surface area contributed by atoms with E-state index in [0.717, 1.165) is 12.3 Å². The van der Waals surface area contributed by atoms with Crippen LogP contribution < -0.4 is 10.1 Å². The van der Waals surface area contributed by atoms with Crippen LogP contribution in [0.3, 0.4) is 0 Å². The molecule has 0 heterocycles. The molecule has 0 aliphatic rings. The first-order valence-corrected chi connectivity index (χ1v) is 7.56. The summed E-state index contributed by atoms with van der Waals surface area (Å²) in [6.45, 7) is 10.1. The van der Waals surface area contributed by atoms with Crippen molar-refractivity contribution in [3.8, 4) is 5.75 Å². The van der Waals surface area contributed by atoms with E-state index in [0.29, 0.717) is 12.6 Å². The Morgan fingerprint density at radius 1 is 1.00 bits per heavy atom. The molecular formula is C19H25NO. The summed E-state index contributed by atoms with van der Waals surface area (Å²) in [6, 6.07) is 15.1. The highest BCUT2D eigenvalue weighted by Gasteiger charge is 2.07. The van der Waals surface area contributed by atoms with Gasteiger partial charge in [0, 0.05) is 12.6 Å². The molecule has 0 aromatic heterocycles. The number of ether oxygens (including phenoxy) is 1. The highest BCUT2D eigenvalue weighted by atomic mass is 16.5. The molecule has 2 aromatic rings. The van der Waals surface area contributed by atoms with Crippen LogP contribution in [0.15, 0.2) is 42.5 Å². The van der Waals surface area contributed by atoms with Crippen molar-refractivity contribution in [3.63, 3.8) is 0 Å². The van der Waals surface area contributed by atoms with Crippen LogP contribution in [0.4, 0.5) is 0 Å². The smallest absolute Gasteiger partial charge is 0.119 e. The van der Waals surface area contributed by atoms with E-state index in [9.17, 15) is 0 Å². The lowest BCUT2D eigenvalue weighted by Crippen LogP contribution is -2.24. The minimum atomic E-state index is 0.339. The summed E-state index contributed by atoms with van der Waals surface area (Å²) in [5.41, 5.74) is 5.23. The Balaban J connectivity index is 1.82. The summed E-state index contributed by atoms with van der Waals surface area (Å²) in [4.78, 5) is 0. The van der Waals surface area contributed by atoms with Crippen LogP contribution in [0.25, 0.3) is 0 Å². The van der Waals surface area contributed by atoms with Crippen molar-refractivity contribution in [2.75, 3.05) is 13.2 Å². The van der Waals surface area contributed by atoms with Gasteiger partial charge in [-0.15, -0.1) is 0 Å². The molecule has 1 unspecified atom stereocenters. The lowest BCUT2D eigenvalue weighted by atomic mass is 10.00. The zero-order valence-corrected chi connectivity index (χ0v) is 13.4. The van der Waals surface area contributed by atoms with Crippen LogP contribution in [-0.4, -0.2) is 13.2 Å². The monoisotopic (exact) mass is 283 g/mol. The summed E-state index contributed by atoms with van der Waals surface area (Å²) >= 11 is 0. The van der Waals surface area contributed by atoms with E-state index < -0.39 is 0 Å². The zero-order valence-electron chi connectivity index (χ0n) is 13.4. The SMILES string of the molecule is Cc1cccc(OCCNC(C)c2cc(C)ccc2C)c1. The average molecular weight is 283 g/mol. The lowest BCUT2D eigenvalue weighted by Gasteiger charge is -2.17. The fourth-order valence-electron chi connectivity index (χ4n) is 2.49. The molecule has 1 atom stereocenters. The van der Waals surface area contributed by atoms with E-state index in [-0.39, 0.29) is 0 Å². The molecule has 21 heavy (non-hydrogen) atoms. The topological polar surface area (TPSA) is 21.3 Å². The molecule has 0 aliphatic heterocycles. The zero-order chi connectivity index (χ0) is 15.2. The number of hydrogen-bond donors (Lipinski definition) is 1. The van der Waals surface area contributed by atoms with E-state index in [4.69, 9.17) is 4.74 Å². The van der Waals surface area contributed by atoms with Crippen LogP contribution in [0, 0.1) is 20.8 Å². The summed E-state index contributed by atoms with van der Waals surface area (Å²) in [7, 11) is 0. The second-order valence-corrected chi connectivity index (χ2v) is 5.70. The van der Waals surface area contributed by atoms with E-state index in [1.807, 2.05) is 12.1 Å². The molecule has 1 N–H and O–H groups in total. The fraction of sp³-hybridized carbons (Fsp3) is 0.368. The molecule has 0 bridgehead atoms. The molecule has 0 spiro atoms. The van der Waals surface area contributed by atoms with Gasteiger partial charge in [-0.05, 0) is 56.5 Å². The minimum absolute atomic E-state index is 0.339. The van der Waals surface area contributed by atoms with Gasteiger partial charge in [-0.3, -0.25) is 0 Å². The van der Waals surface area contributed by atoms with Crippen LogP contribution >= 0.6 is 0 Å². The van der Waals surface area contributed by atoms with Crippen molar-refractivity contribution in [3.05, 3.63) is 64.7 Å². The van der Waals surface area contributed by atoms with Crippen molar-refractivity contribution in [2.24, 2.45) is 0 Å². The molecule has 2 rings (SSSR count). The molecule has 0 saturated heterocycles. The summed E-state index contributed by atoms with van der Waals surface area (Å²) in [6.07, 6.45) is 0. The van der Waals surface area contributed by atoms with E-state index >= 15 is 0 Å². The van der Waals surface area contributed by atoms with Crippen molar-refractivity contribution in [1.82, 2.24) is 5.32 Å². The van der Waals surface area contributed by atoms with Crippen LogP contribution in [0.1, 0.15) is 35.2 Å². The van der Waals surface area contributed by atoms with Crippen molar-refractivity contribution in [1.29, 1.82) is 0 Å². The molecule has 0 amide bonds. The van der Waals surface area contributed by atoms with Crippen LogP contribution in [-0.2, 0) is 0 Å². The largest absolute Gasteiger partial charge is 0.492 e. The maximum atomic E-state index is 5.76. The van der Waals surface area contributed by atoms with E-state index in [1.165, 1.54) is 22.3 Å². The summed E-state index contributed by atoms with van der Waals surface area (Å²) in [5.74, 6) is 0.941. The lowest BCUT2D eigenvalue weighted by molar-refractivity contribution is 0.307. The number of benzene rings is 2. The van der Waals surface area contributed by atoms with Gasteiger partial charge >= 0.3 is 0 Å². The van der Waals surface area contributed by atoms with Gasteiger partial charge in [-0.2, -0.15) is 0 Å². The molecule has 0 saturated carbocycles. The molecule has 0 fully saturated rings. The summed E-state index contributed by atoms with van der Waals surface area (Å²) in [5, 5.41) is 3.53. The Hall–Kier alpha value is -1.80. The fourth-order valence-corrected chi connectivity index (χ4v) is 2.49. The molecule has 2 aromatic carbocycles. The number of nitrogens with one attached hydrogen (secondary N) is 1. The van der Waals surface area contributed by atoms with Crippen molar-refractivity contribution < 1.29 is 4.74 Å².